The molecule has 0 aromatic heterocycles. The number of piperazine rings is 1. The van der Waals surface area contributed by atoms with Crippen LogP contribution >= 0.6 is 0 Å². The van der Waals surface area contributed by atoms with Crippen LogP contribution in [0, 0.1) is 16.7 Å². The summed E-state index contributed by atoms with van der Waals surface area (Å²) in [6.07, 6.45) is 4.32. The van der Waals surface area contributed by atoms with Crippen LogP contribution in [0.5, 0.6) is 0 Å². The number of nitrogens with zero attached hydrogens (tertiary/aromatic N) is 2. The molecule has 2 aliphatic rings. The zero-order chi connectivity index (χ0) is 15.0. The summed E-state index contributed by atoms with van der Waals surface area (Å²) < 4.78 is 0. The second-order valence-corrected chi connectivity index (χ2v) is 9.63. The van der Waals surface area contributed by atoms with Crippen LogP contribution in [-0.4, -0.2) is 48.6 Å². The zero-order valence-corrected chi connectivity index (χ0v) is 14.7. The molecular formula is C18H36N2. The fraction of sp³-hybridized carbons (Fsp3) is 1.00. The van der Waals surface area contributed by atoms with Gasteiger partial charge < -0.3 is 4.90 Å². The first-order valence-electron chi connectivity index (χ1n) is 8.59. The van der Waals surface area contributed by atoms with E-state index in [0.717, 1.165) is 12.0 Å². The van der Waals surface area contributed by atoms with Gasteiger partial charge in [0.05, 0.1) is 0 Å². The van der Waals surface area contributed by atoms with E-state index in [1.807, 2.05) is 0 Å². The molecule has 0 bridgehead atoms. The lowest BCUT2D eigenvalue weighted by Gasteiger charge is -2.48. The molecule has 1 aliphatic heterocycles. The number of hydrogen-bond donors (Lipinski definition) is 0. The Bertz CT molecular complexity index is 296. The predicted octanol–water partition coefficient (Wildman–Crippen LogP) is 3.86. The fourth-order valence-electron chi connectivity index (χ4n) is 3.99. The van der Waals surface area contributed by atoms with Crippen molar-refractivity contribution in [2.75, 3.05) is 32.7 Å². The van der Waals surface area contributed by atoms with Gasteiger partial charge in [0.2, 0.25) is 0 Å². The molecule has 0 unspecified atom stereocenters. The van der Waals surface area contributed by atoms with E-state index >= 15 is 0 Å². The Kier molecular flexibility index (Phi) is 4.86. The van der Waals surface area contributed by atoms with Crippen LogP contribution < -0.4 is 0 Å². The van der Waals surface area contributed by atoms with E-state index in [0.29, 0.717) is 10.8 Å². The second kappa shape index (κ2) is 5.96. The van der Waals surface area contributed by atoms with Gasteiger partial charge in [-0.1, -0.05) is 41.5 Å². The molecule has 1 aliphatic carbocycles. The van der Waals surface area contributed by atoms with Gasteiger partial charge in [-0.3, -0.25) is 4.90 Å². The van der Waals surface area contributed by atoms with Crippen molar-refractivity contribution in [3.63, 3.8) is 0 Å². The van der Waals surface area contributed by atoms with Crippen LogP contribution in [0.25, 0.3) is 0 Å². The summed E-state index contributed by atoms with van der Waals surface area (Å²) in [6.45, 7) is 20.6. The van der Waals surface area contributed by atoms with Gasteiger partial charge >= 0.3 is 0 Å². The lowest BCUT2D eigenvalue weighted by molar-refractivity contribution is 0.0142. The topological polar surface area (TPSA) is 6.48 Å². The molecular weight excluding hydrogens is 244 g/mol. The standard InChI is InChI=1S/C18H36N2/c1-17(2,3)13-15-11-16(12-15)20-9-7-19(8-10-20)14-18(4,5)6/h15-16H,7-14H2,1-6H3. The molecule has 0 atom stereocenters. The molecule has 118 valence electrons. The van der Waals surface area contributed by atoms with Gasteiger partial charge in [0.25, 0.3) is 0 Å². The molecule has 0 aromatic carbocycles. The van der Waals surface area contributed by atoms with E-state index in [1.54, 1.807) is 0 Å². The maximum absolute atomic E-state index is 2.76. The SMILES string of the molecule is CC(C)(C)CC1CC(N2CCN(CC(C)(C)C)CC2)C1. The summed E-state index contributed by atoms with van der Waals surface area (Å²) in [5, 5.41) is 0. The van der Waals surface area contributed by atoms with E-state index in [2.05, 4.69) is 51.3 Å². The molecule has 2 nitrogen and oxygen atoms in total. The van der Waals surface area contributed by atoms with Crippen LogP contribution in [0.15, 0.2) is 0 Å². The molecule has 1 saturated heterocycles. The average Bonchev–Trinajstić information content (AvgIpc) is 2.21. The fourth-order valence-corrected chi connectivity index (χ4v) is 3.99. The predicted molar refractivity (Wildman–Crippen MR) is 88.1 cm³/mol. The highest BCUT2D eigenvalue weighted by Crippen LogP contribution is 2.39. The molecule has 2 fully saturated rings. The highest BCUT2D eigenvalue weighted by molar-refractivity contribution is 4.91. The minimum absolute atomic E-state index is 0.441. The first-order valence-corrected chi connectivity index (χ1v) is 8.59. The van der Waals surface area contributed by atoms with Crippen LogP contribution in [0.1, 0.15) is 60.8 Å². The summed E-state index contributed by atoms with van der Waals surface area (Å²) in [4.78, 5) is 5.42. The van der Waals surface area contributed by atoms with Crippen molar-refractivity contribution in [3.8, 4) is 0 Å². The summed E-state index contributed by atoms with van der Waals surface area (Å²) >= 11 is 0. The molecule has 20 heavy (non-hydrogen) atoms. The van der Waals surface area contributed by atoms with Crippen molar-refractivity contribution < 1.29 is 0 Å². The average molecular weight is 280 g/mol. The zero-order valence-electron chi connectivity index (χ0n) is 14.7. The van der Waals surface area contributed by atoms with Gasteiger partial charge in [0.1, 0.15) is 0 Å². The molecule has 1 heterocycles. The highest BCUT2D eigenvalue weighted by Gasteiger charge is 2.36. The van der Waals surface area contributed by atoms with Gasteiger partial charge in [0.15, 0.2) is 0 Å². The molecule has 2 heteroatoms. The normalized spacial score (nSPS) is 30.3. The maximum Gasteiger partial charge on any atom is 0.0113 e. The van der Waals surface area contributed by atoms with E-state index in [9.17, 15) is 0 Å². The second-order valence-electron chi connectivity index (χ2n) is 9.63. The quantitative estimate of drug-likeness (QED) is 0.774. The van der Waals surface area contributed by atoms with Crippen LogP contribution in [-0.2, 0) is 0 Å². The first kappa shape index (κ1) is 16.3. The monoisotopic (exact) mass is 280 g/mol. The first-order chi connectivity index (χ1) is 9.12. The Morgan fingerprint density at radius 1 is 0.800 bits per heavy atom. The van der Waals surface area contributed by atoms with Gasteiger partial charge in [-0.25, -0.2) is 0 Å². The Hall–Kier alpha value is -0.0800. The van der Waals surface area contributed by atoms with Crippen molar-refractivity contribution in [2.24, 2.45) is 16.7 Å². The third kappa shape index (κ3) is 5.04. The molecule has 1 saturated carbocycles. The Morgan fingerprint density at radius 3 is 1.80 bits per heavy atom. The van der Waals surface area contributed by atoms with Crippen molar-refractivity contribution >= 4 is 0 Å². The van der Waals surface area contributed by atoms with Crippen molar-refractivity contribution in [1.29, 1.82) is 0 Å². The van der Waals surface area contributed by atoms with Crippen molar-refractivity contribution in [1.82, 2.24) is 9.80 Å². The van der Waals surface area contributed by atoms with E-state index in [1.165, 1.54) is 52.0 Å². The van der Waals surface area contributed by atoms with E-state index in [-0.39, 0.29) is 0 Å². The van der Waals surface area contributed by atoms with Gasteiger partial charge in [-0.15, -0.1) is 0 Å². The highest BCUT2D eigenvalue weighted by atomic mass is 15.3. The Labute approximate surface area is 126 Å². The van der Waals surface area contributed by atoms with Crippen LogP contribution in [0.4, 0.5) is 0 Å². The minimum atomic E-state index is 0.441. The maximum atomic E-state index is 2.76. The smallest absolute Gasteiger partial charge is 0.0113 e. The lowest BCUT2D eigenvalue weighted by Crippen LogP contribution is -2.55. The third-order valence-electron chi connectivity index (χ3n) is 4.73. The molecule has 0 spiro atoms. The Morgan fingerprint density at radius 2 is 1.35 bits per heavy atom. The summed E-state index contributed by atoms with van der Waals surface area (Å²) in [5.74, 6) is 0.993. The number of rotatable bonds is 3. The number of hydrogen-bond acceptors (Lipinski definition) is 2. The van der Waals surface area contributed by atoms with Crippen LogP contribution in [0.3, 0.4) is 0 Å². The van der Waals surface area contributed by atoms with Crippen LogP contribution in [0.2, 0.25) is 0 Å². The lowest BCUT2D eigenvalue weighted by atomic mass is 9.71. The minimum Gasteiger partial charge on any atom is -0.300 e. The summed E-state index contributed by atoms with van der Waals surface area (Å²) in [7, 11) is 0. The largest absolute Gasteiger partial charge is 0.300 e. The molecule has 0 amide bonds. The van der Waals surface area contributed by atoms with Crippen molar-refractivity contribution in [3.05, 3.63) is 0 Å². The molecule has 2 rings (SSSR count). The summed E-state index contributed by atoms with van der Waals surface area (Å²) in [5.41, 5.74) is 0.956. The third-order valence-corrected chi connectivity index (χ3v) is 4.73. The van der Waals surface area contributed by atoms with Gasteiger partial charge in [-0.05, 0) is 36.0 Å². The van der Waals surface area contributed by atoms with Crippen molar-refractivity contribution in [2.45, 2.75) is 66.8 Å². The van der Waals surface area contributed by atoms with E-state index < -0.39 is 0 Å². The molecule has 0 aromatic rings. The van der Waals surface area contributed by atoms with Gasteiger partial charge in [-0.2, -0.15) is 0 Å². The molecule has 0 N–H and O–H groups in total. The molecule has 0 radical (unpaired) electrons. The summed E-state index contributed by atoms with van der Waals surface area (Å²) in [6, 6.07) is 0.902. The van der Waals surface area contributed by atoms with Gasteiger partial charge in [0, 0.05) is 38.8 Å². The van der Waals surface area contributed by atoms with E-state index in [4.69, 9.17) is 0 Å². The Balaban J connectivity index is 1.66.